The number of hydrogen-bond donors (Lipinski definition) is 1. The van der Waals surface area contributed by atoms with Crippen molar-refractivity contribution in [3.63, 3.8) is 0 Å². The molecule has 0 aromatic carbocycles. The third-order valence-corrected chi connectivity index (χ3v) is 4.19. The van der Waals surface area contributed by atoms with Crippen molar-refractivity contribution in [2.45, 2.75) is 19.9 Å². The summed E-state index contributed by atoms with van der Waals surface area (Å²) >= 11 is 0. The van der Waals surface area contributed by atoms with E-state index in [4.69, 9.17) is 0 Å². The number of hydrogen-bond acceptors (Lipinski definition) is 4. The van der Waals surface area contributed by atoms with Crippen molar-refractivity contribution in [3.05, 3.63) is 0 Å². The molecule has 1 aliphatic heterocycles. The molecule has 0 amide bonds. The van der Waals surface area contributed by atoms with Crippen molar-refractivity contribution in [1.82, 2.24) is 14.5 Å². The van der Waals surface area contributed by atoms with Crippen molar-refractivity contribution < 1.29 is 8.42 Å². The van der Waals surface area contributed by atoms with Gasteiger partial charge in [0, 0.05) is 38.8 Å². The molecule has 1 heterocycles. The van der Waals surface area contributed by atoms with Crippen LogP contribution in [0.4, 0.5) is 0 Å². The third kappa shape index (κ3) is 4.37. The van der Waals surface area contributed by atoms with E-state index in [-0.39, 0.29) is 0 Å². The van der Waals surface area contributed by atoms with Crippen molar-refractivity contribution in [3.8, 4) is 0 Å². The minimum absolute atomic E-state index is 0.467. The zero-order valence-electron chi connectivity index (χ0n) is 10.4. The first kappa shape index (κ1) is 13.9. The first-order valence-electron chi connectivity index (χ1n) is 5.84. The third-order valence-electron chi connectivity index (χ3n) is 2.88. The minimum atomic E-state index is -3.00. The molecule has 1 atom stereocenters. The van der Waals surface area contributed by atoms with Crippen molar-refractivity contribution in [2.24, 2.45) is 0 Å². The average molecular weight is 249 g/mol. The summed E-state index contributed by atoms with van der Waals surface area (Å²) in [5, 5.41) is 3.36. The summed E-state index contributed by atoms with van der Waals surface area (Å²) in [7, 11) is -3.00. The predicted molar refractivity (Wildman–Crippen MR) is 66.0 cm³/mol. The molecule has 0 aromatic heterocycles. The molecule has 0 bridgehead atoms. The summed E-state index contributed by atoms with van der Waals surface area (Å²) in [6, 6.07) is 0.467. The quantitative estimate of drug-likeness (QED) is 0.718. The standard InChI is InChI=1S/C10H23N3O2S/c1-4-11-10(2)9-12-5-7-13(8-6-12)16(3,14)15/h10-11H,4-9H2,1-3H3. The SMILES string of the molecule is CCNC(C)CN1CCN(S(C)(=O)=O)CC1. The van der Waals surface area contributed by atoms with E-state index >= 15 is 0 Å². The Morgan fingerprint density at radius 2 is 1.81 bits per heavy atom. The molecule has 1 fully saturated rings. The Morgan fingerprint density at radius 3 is 2.25 bits per heavy atom. The number of sulfonamides is 1. The highest BCUT2D eigenvalue weighted by Crippen LogP contribution is 2.06. The number of nitrogens with one attached hydrogen (secondary N) is 1. The molecule has 96 valence electrons. The lowest BCUT2D eigenvalue weighted by atomic mass is 10.2. The molecule has 1 N–H and O–H groups in total. The van der Waals surface area contributed by atoms with Gasteiger partial charge in [-0.2, -0.15) is 4.31 Å². The zero-order chi connectivity index (χ0) is 12.2. The Bertz CT molecular complexity index is 297. The molecule has 6 heteroatoms. The van der Waals surface area contributed by atoms with Gasteiger partial charge in [-0.05, 0) is 13.5 Å². The highest BCUT2D eigenvalue weighted by Gasteiger charge is 2.23. The van der Waals surface area contributed by atoms with Gasteiger partial charge in [0.05, 0.1) is 6.26 Å². The molecule has 0 spiro atoms. The summed E-state index contributed by atoms with van der Waals surface area (Å²) < 4.78 is 24.2. The number of piperazine rings is 1. The first-order valence-corrected chi connectivity index (χ1v) is 7.69. The Balaban J connectivity index is 2.32. The van der Waals surface area contributed by atoms with Gasteiger partial charge < -0.3 is 5.32 Å². The molecule has 0 radical (unpaired) electrons. The second-order valence-corrected chi connectivity index (χ2v) is 6.40. The molecule has 1 unspecified atom stereocenters. The van der Waals surface area contributed by atoms with Crippen LogP contribution in [-0.4, -0.2) is 69.2 Å². The smallest absolute Gasteiger partial charge is 0.211 e. The topological polar surface area (TPSA) is 52.6 Å². The lowest BCUT2D eigenvalue weighted by molar-refractivity contribution is 0.176. The zero-order valence-corrected chi connectivity index (χ0v) is 11.3. The van der Waals surface area contributed by atoms with Gasteiger partial charge in [-0.25, -0.2) is 8.42 Å². The molecule has 0 aromatic rings. The minimum Gasteiger partial charge on any atom is -0.313 e. The predicted octanol–water partition coefficient (Wildman–Crippen LogP) is -0.438. The van der Waals surface area contributed by atoms with Crippen LogP contribution in [0.25, 0.3) is 0 Å². The van der Waals surface area contributed by atoms with Crippen LogP contribution in [0.3, 0.4) is 0 Å². The van der Waals surface area contributed by atoms with Crippen molar-refractivity contribution in [1.29, 1.82) is 0 Å². The Kier molecular flexibility index (Phi) is 5.17. The van der Waals surface area contributed by atoms with Gasteiger partial charge in [-0.15, -0.1) is 0 Å². The van der Waals surface area contributed by atoms with Gasteiger partial charge >= 0.3 is 0 Å². The summed E-state index contributed by atoms with van der Waals surface area (Å²) in [6.45, 7) is 9.14. The number of nitrogens with zero attached hydrogens (tertiary/aromatic N) is 2. The molecular formula is C10H23N3O2S. The van der Waals surface area contributed by atoms with Crippen LogP contribution < -0.4 is 5.32 Å². The largest absolute Gasteiger partial charge is 0.313 e. The van der Waals surface area contributed by atoms with Gasteiger partial charge in [-0.3, -0.25) is 4.90 Å². The van der Waals surface area contributed by atoms with Crippen LogP contribution in [0.15, 0.2) is 0 Å². The highest BCUT2D eigenvalue weighted by molar-refractivity contribution is 7.88. The summed E-state index contributed by atoms with van der Waals surface area (Å²) in [5.41, 5.74) is 0. The van der Waals surface area contributed by atoms with E-state index in [1.165, 1.54) is 6.26 Å². The lowest BCUT2D eigenvalue weighted by Crippen LogP contribution is -2.51. The molecule has 0 aliphatic carbocycles. The van der Waals surface area contributed by atoms with E-state index < -0.39 is 10.0 Å². The van der Waals surface area contributed by atoms with E-state index in [9.17, 15) is 8.42 Å². The van der Waals surface area contributed by atoms with Crippen LogP contribution in [-0.2, 0) is 10.0 Å². The second kappa shape index (κ2) is 5.95. The van der Waals surface area contributed by atoms with E-state index in [1.54, 1.807) is 4.31 Å². The van der Waals surface area contributed by atoms with Gasteiger partial charge in [-0.1, -0.05) is 6.92 Å². The Morgan fingerprint density at radius 1 is 1.25 bits per heavy atom. The van der Waals surface area contributed by atoms with E-state index in [1.807, 2.05) is 0 Å². The van der Waals surface area contributed by atoms with Crippen molar-refractivity contribution >= 4 is 10.0 Å². The van der Waals surface area contributed by atoms with Crippen LogP contribution >= 0.6 is 0 Å². The van der Waals surface area contributed by atoms with Gasteiger partial charge in [0.2, 0.25) is 10.0 Å². The van der Waals surface area contributed by atoms with E-state index in [2.05, 4.69) is 24.1 Å². The van der Waals surface area contributed by atoms with Gasteiger partial charge in [0.25, 0.3) is 0 Å². The van der Waals surface area contributed by atoms with Gasteiger partial charge in [0.15, 0.2) is 0 Å². The van der Waals surface area contributed by atoms with Gasteiger partial charge in [0.1, 0.15) is 0 Å². The van der Waals surface area contributed by atoms with E-state index in [0.29, 0.717) is 19.1 Å². The van der Waals surface area contributed by atoms with Crippen LogP contribution in [0.1, 0.15) is 13.8 Å². The molecule has 1 aliphatic rings. The number of rotatable bonds is 5. The van der Waals surface area contributed by atoms with E-state index in [0.717, 1.165) is 26.2 Å². The molecular weight excluding hydrogens is 226 g/mol. The molecule has 16 heavy (non-hydrogen) atoms. The monoisotopic (exact) mass is 249 g/mol. The fourth-order valence-electron chi connectivity index (χ4n) is 2.04. The highest BCUT2D eigenvalue weighted by atomic mass is 32.2. The lowest BCUT2D eigenvalue weighted by Gasteiger charge is -2.34. The Hall–Kier alpha value is -0.170. The summed E-state index contributed by atoms with van der Waals surface area (Å²) in [5.74, 6) is 0. The van der Waals surface area contributed by atoms with Crippen LogP contribution in [0.2, 0.25) is 0 Å². The van der Waals surface area contributed by atoms with Crippen LogP contribution in [0.5, 0.6) is 0 Å². The fraction of sp³-hybridized carbons (Fsp3) is 1.00. The molecule has 0 saturated carbocycles. The normalized spacial score (nSPS) is 22.2. The molecule has 1 rings (SSSR count). The molecule has 5 nitrogen and oxygen atoms in total. The maximum Gasteiger partial charge on any atom is 0.211 e. The maximum atomic E-state index is 11.3. The van der Waals surface area contributed by atoms with Crippen molar-refractivity contribution in [2.75, 3.05) is 45.5 Å². The fourth-order valence-corrected chi connectivity index (χ4v) is 2.87. The molecule has 1 saturated heterocycles. The number of likely N-dealkylation sites (N-methyl/N-ethyl adjacent to an activating group) is 1. The average Bonchev–Trinajstić information content (AvgIpc) is 2.17. The summed E-state index contributed by atoms with van der Waals surface area (Å²) in [4.78, 5) is 2.31. The maximum absolute atomic E-state index is 11.3. The van der Waals surface area contributed by atoms with Crippen LogP contribution in [0, 0.1) is 0 Å². The first-order chi connectivity index (χ1) is 7.43. The Labute approximate surface area is 98.8 Å². The second-order valence-electron chi connectivity index (χ2n) is 4.42. The summed E-state index contributed by atoms with van der Waals surface area (Å²) in [6.07, 6.45) is 1.28.